The van der Waals surface area contributed by atoms with E-state index in [0.717, 1.165) is 4.90 Å². The molecule has 0 aromatic carbocycles. The molecule has 2 atom stereocenters. The van der Waals surface area contributed by atoms with Crippen LogP contribution in [-0.2, 0) is 34.1 Å². The number of esters is 1. The van der Waals surface area contributed by atoms with E-state index in [1.807, 2.05) is 0 Å². The molecule has 2 aliphatic rings. The van der Waals surface area contributed by atoms with Crippen LogP contribution in [0.25, 0.3) is 0 Å². The maximum absolute atomic E-state index is 12.6. The van der Waals surface area contributed by atoms with E-state index < -0.39 is 49.8 Å². The molecule has 0 spiro atoms. The standard InChI is InChI=1S/C15H22N2O8S3/c1-4-17(15(19)25-8-12(18)24-5-2)11-7-13(28(16,22)23)26-14-10(11)6-9(3)27(14,20)21/h7,9,11H,4-6,8H2,1-3H3,(H2,16,22,23)/t9-,11-/m0/s1. The third kappa shape index (κ3) is 4.53. The second-order valence-corrected chi connectivity index (χ2v) is 11.5. The molecule has 0 aliphatic carbocycles. The number of thioether (sulfide) groups is 1. The molecule has 0 radical (unpaired) electrons. The number of nitrogens with zero attached hydrogens (tertiary/aromatic N) is 1. The molecule has 158 valence electrons. The van der Waals surface area contributed by atoms with Gasteiger partial charge in [-0.05, 0) is 38.8 Å². The van der Waals surface area contributed by atoms with Crippen molar-refractivity contribution in [3.63, 3.8) is 0 Å². The monoisotopic (exact) mass is 454 g/mol. The van der Waals surface area contributed by atoms with Gasteiger partial charge in [0.15, 0.2) is 16.4 Å². The van der Waals surface area contributed by atoms with E-state index >= 15 is 0 Å². The van der Waals surface area contributed by atoms with E-state index in [-0.39, 0.29) is 28.0 Å². The highest BCUT2D eigenvalue weighted by Crippen LogP contribution is 2.48. The lowest BCUT2D eigenvalue weighted by atomic mass is 10.0. The van der Waals surface area contributed by atoms with Crippen LogP contribution in [0, 0.1) is 0 Å². The van der Waals surface area contributed by atoms with Crippen molar-refractivity contribution < 1.29 is 35.9 Å². The number of amides is 1. The van der Waals surface area contributed by atoms with Crippen LogP contribution in [0.5, 0.6) is 0 Å². The van der Waals surface area contributed by atoms with Gasteiger partial charge in [0, 0.05) is 6.54 Å². The number of rotatable bonds is 6. The highest BCUT2D eigenvalue weighted by Gasteiger charge is 2.45. The Kier molecular flexibility index (Phi) is 6.84. The van der Waals surface area contributed by atoms with Crippen molar-refractivity contribution >= 4 is 43.7 Å². The van der Waals surface area contributed by atoms with Crippen LogP contribution >= 0.6 is 11.8 Å². The van der Waals surface area contributed by atoms with Gasteiger partial charge >= 0.3 is 12.1 Å². The third-order valence-corrected chi connectivity index (χ3v) is 9.59. The smallest absolute Gasteiger partial charge is 0.411 e. The van der Waals surface area contributed by atoms with Crippen LogP contribution in [-0.4, -0.2) is 64.8 Å². The van der Waals surface area contributed by atoms with E-state index in [0.29, 0.717) is 17.3 Å². The first kappa shape index (κ1) is 22.7. The molecule has 2 aliphatic heterocycles. The van der Waals surface area contributed by atoms with E-state index in [1.54, 1.807) is 13.8 Å². The second kappa shape index (κ2) is 8.43. The predicted octanol–water partition coefficient (Wildman–Crippen LogP) is 0.672. The van der Waals surface area contributed by atoms with Gasteiger partial charge in [0.25, 0.3) is 0 Å². The lowest BCUT2D eigenvalue weighted by molar-refractivity contribution is -0.146. The van der Waals surface area contributed by atoms with Gasteiger partial charge in [0.1, 0.15) is 8.47 Å². The summed E-state index contributed by atoms with van der Waals surface area (Å²) in [6, 6.07) is -0.969. The fourth-order valence-corrected chi connectivity index (χ4v) is 7.33. The molecule has 0 saturated heterocycles. The Hall–Kier alpha value is -1.57. The molecular weight excluding hydrogens is 432 g/mol. The number of likely N-dealkylation sites (N-methyl/N-ethyl adjacent to an activating group) is 1. The summed E-state index contributed by atoms with van der Waals surface area (Å²) in [6.45, 7) is 4.32. The summed E-state index contributed by atoms with van der Waals surface area (Å²) in [6.07, 6.45) is 0.480. The molecule has 0 aromatic rings. The fraction of sp³-hybridized carbons (Fsp3) is 0.600. The van der Waals surface area contributed by atoms with Gasteiger partial charge in [-0.15, -0.1) is 0 Å². The lowest BCUT2D eigenvalue weighted by Crippen LogP contribution is -2.42. The first-order valence-electron chi connectivity index (χ1n) is 8.41. The highest BCUT2D eigenvalue weighted by molar-refractivity contribution is 8.27. The number of carbonyl (C=O) groups is 2. The second-order valence-electron chi connectivity index (χ2n) is 6.10. The maximum atomic E-state index is 12.6. The summed E-state index contributed by atoms with van der Waals surface area (Å²) in [5, 5.41) is 4.44. The molecule has 2 N–H and O–H groups in total. The van der Waals surface area contributed by atoms with Crippen molar-refractivity contribution in [1.29, 1.82) is 0 Å². The van der Waals surface area contributed by atoms with Crippen LogP contribution < -0.4 is 5.14 Å². The molecule has 0 unspecified atom stereocenters. The largest absolute Gasteiger partial charge is 0.463 e. The van der Waals surface area contributed by atoms with Crippen molar-refractivity contribution in [1.82, 2.24) is 4.90 Å². The van der Waals surface area contributed by atoms with Crippen molar-refractivity contribution in [2.24, 2.45) is 5.14 Å². The Morgan fingerprint density at radius 2 is 1.96 bits per heavy atom. The van der Waals surface area contributed by atoms with Gasteiger partial charge in [0.2, 0.25) is 10.0 Å². The minimum Gasteiger partial charge on any atom is -0.463 e. The first-order chi connectivity index (χ1) is 12.9. The van der Waals surface area contributed by atoms with Crippen LogP contribution in [0.1, 0.15) is 27.2 Å². The number of carbonyl (C=O) groups excluding carboxylic acids is 2. The Bertz CT molecular complexity index is 936. The van der Waals surface area contributed by atoms with Crippen molar-refractivity contribution in [2.45, 2.75) is 38.5 Å². The predicted molar refractivity (Wildman–Crippen MR) is 103 cm³/mol. The minimum atomic E-state index is -4.19. The molecule has 1 amide bonds. The topological polar surface area (TPSA) is 150 Å². The van der Waals surface area contributed by atoms with Gasteiger partial charge in [-0.1, -0.05) is 11.8 Å². The average molecular weight is 455 g/mol. The SMILES string of the molecule is CCOC(=O)COC(=O)N(CC)[C@H]1C=C(S(N)(=O)=O)SC2=C1C[C@H](C)S2(=O)=O. The van der Waals surface area contributed by atoms with E-state index in [4.69, 9.17) is 9.88 Å². The summed E-state index contributed by atoms with van der Waals surface area (Å²) in [5.74, 6) is -0.733. The normalized spacial score (nSPS) is 23.6. The Morgan fingerprint density at radius 1 is 1.32 bits per heavy atom. The first-order valence-corrected chi connectivity index (χ1v) is 12.3. The van der Waals surface area contributed by atoms with Gasteiger partial charge in [-0.3, -0.25) is 4.90 Å². The van der Waals surface area contributed by atoms with E-state index in [2.05, 4.69) is 4.74 Å². The molecule has 13 heteroatoms. The van der Waals surface area contributed by atoms with Gasteiger partial charge in [-0.25, -0.2) is 31.6 Å². The summed E-state index contributed by atoms with van der Waals surface area (Å²) in [5.41, 5.74) is 0.403. The summed E-state index contributed by atoms with van der Waals surface area (Å²) < 4.78 is 58.0. The zero-order valence-electron chi connectivity index (χ0n) is 15.6. The van der Waals surface area contributed by atoms with Crippen LogP contribution in [0.15, 0.2) is 20.1 Å². The van der Waals surface area contributed by atoms with Crippen LogP contribution in [0.3, 0.4) is 0 Å². The van der Waals surface area contributed by atoms with E-state index in [1.165, 1.54) is 13.0 Å². The van der Waals surface area contributed by atoms with Crippen LogP contribution in [0.2, 0.25) is 0 Å². The Balaban J connectivity index is 2.39. The number of hydrogen-bond acceptors (Lipinski definition) is 9. The lowest BCUT2D eigenvalue weighted by Gasteiger charge is -2.31. The van der Waals surface area contributed by atoms with Gasteiger partial charge < -0.3 is 9.47 Å². The molecule has 2 rings (SSSR count). The molecule has 2 heterocycles. The van der Waals surface area contributed by atoms with Crippen molar-refractivity contribution in [2.75, 3.05) is 19.8 Å². The summed E-state index contributed by atoms with van der Waals surface area (Å²) in [4.78, 5) is 25.0. The minimum absolute atomic E-state index is 0.0800. The quantitative estimate of drug-likeness (QED) is 0.571. The molecular formula is C15H22N2O8S3. The number of hydrogen-bond donors (Lipinski definition) is 1. The zero-order valence-corrected chi connectivity index (χ0v) is 18.0. The van der Waals surface area contributed by atoms with E-state index in [9.17, 15) is 26.4 Å². The zero-order chi connectivity index (χ0) is 21.3. The molecule has 10 nitrogen and oxygen atoms in total. The number of sulfone groups is 1. The maximum Gasteiger partial charge on any atom is 0.411 e. The summed E-state index contributed by atoms with van der Waals surface area (Å²) in [7, 11) is -7.92. The van der Waals surface area contributed by atoms with Gasteiger partial charge in [0.05, 0.1) is 17.9 Å². The molecule has 0 fully saturated rings. The fourth-order valence-electron chi connectivity index (χ4n) is 2.86. The molecule has 0 aromatic heterocycles. The molecule has 28 heavy (non-hydrogen) atoms. The van der Waals surface area contributed by atoms with Crippen molar-refractivity contribution in [3.05, 3.63) is 20.1 Å². The third-order valence-electron chi connectivity index (χ3n) is 4.21. The van der Waals surface area contributed by atoms with Gasteiger partial charge in [-0.2, -0.15) is 0 Å². The number of primary sulfonamides is 1. The Labute approximate surface area is 168 Å². The van der Waals surface area contributed by atoms with Crippen LogP contribution in [0.4, 0.5) is 4.79 Å². The highest BCUT2D eigenvalue weighted by atomic mass is 32.3. The average Bonchev–Trinajstić information content (AvgIpc) is 2.83. The number of nitrogens with two attached hydrogens (primary N) is 1. The molecule has 0 bridgehead atoms. The Morgan fingerprint density at radius 3 is 2.50 bits per heavy atom. The number of ether oxygens (including phenoxy) is 2. The summed E-state index contributed by atoms with van der Waals surface area (Å²) >= 11 is 0.575. The number of sulfonamides is 1. The molecule has 0 saturated carbocycles. The van der Waals surface area contributed by atoms with Crippen molar-refractivity contribution in [3.8, 4) is 0 Å².